The monoisotopic (exact) mass is 460 g/mol. The van der Waals surface area contributed by atoms with Gasteiger partial charge in [0.05, 0.1) is 18.5 Å². The molecule has 0 bridgehead atoms. The van der Waals surface area contributed by atoms with Crippen molar-refractivity contribution >= 4 is 35.8 Å². The summed E-state index contributed by atoms with van der Waals surface area (Å²) < 4.78 is 6.96. The summed E-state index contributed by atoms with van der Waals surface area (Å²) >= 11 is 0. The first-order valence-corrected chi connectivity index (χ1v) is 7.85. The molecule has 2 aromatic heterocycles. The lowest BCUT2D eigenvalue weighted by molar-refractivity contribution is 0.0925. The molecule has 0 saturated carbocycles. The molecule has 8 nitrogen and oxygen atoms in total. The van der Waals surface area contributed by atoms with Gasteiger partial charge in [0.25, 0.3) is 5.91 Å². The van der Waals surface area contributed by atoms with Crippen LogP contribution in [0, 0.1) is 6.92 Å². The molecule has 2 aromatic rings. The minimum absolute atomic E-state index is 0. The van der Waals surface area contributed by atoms with Crippen molar-refractivity contribution in [3.8, 4) is 0 Å². The van der Waals surface area contributed by atoms with Crippen LogP contribution >= 0.6 is 24.0 Å². The predicted octanol–water partition coefficient (Wildman–Crippen LogP) is 1.42. The minimum Gasteiger partial charge on any atom is -0.459 e. The molecule has 0 aliphatic heterocycles. The van der Waals surface area contributed by atoms with Gasteiger partial charge in [0.1, 0.15) is 0 Å². The standard InChI is InChI=1S/C16H24N6O2.HI/c1-12-6-10-24-14(12)15(23)18-7-4-8-19-16(17-2)20-11-13-5-9-21-22(13)3;/h5-6,9-10H,4,7-8,11H2,1-3H3,(H,18,23)(H2,17,19,20);1H. The van der Waals surface area contributed by atoms with Gasteiger partial charge < -0.3 is 20.4 Å². The zero-order valence-electron chi connectivity index (χ0n) is 14.7. The van der Waals surface area contributed by atoms with E-state index in [-0.39, 0.29) is 29.9 Å². The van der Waals surface area contributed by atoms with Crippen molar-refractivity contribution in [1.29, 1.82) is 0 Å². The number of amides is 1. The average molecular weight is 460 g/mol. The van der Waals surface area contributed by atoms with Crippen molar-refractivity contribution in [2.75, 3.05) is 20.1 Å². The van der Waals surface area contributed by atoms with E-state index >= 15 is 0 Å². The predicted molar refractivity (Wildman–Crippen MR) is 107 cm³/mol. The van der Waals surface area contributed by atoms with Gasteiger partial charge in [0.2, 0.25) is 0 Å². The highest BCUT2D eigenvalue weighted by molar-refractivity contribution is 14.0. The fourth-order valence-corrected chi connectivity index (χ4v) is 2.15. The summed E-state index contributed by atoms with van der Waals surface area (Å²) in [6.07, 6.45) is 4.05. The summed E-state index contributed by atoms with van der Waals surface area (Å²) in [5.41, 5.74) is 1.91. The second kappa shape index (κ2) is 10.7. The molecular weight excluding hydrogens is 435 g/mol. The van der Waals surface area contributed by atoms with E-state index in [9.17, 15) is 4.79 Å². The number of hydrogen-bond donors (Lipinski definition) is 3. The Bertz CT molecular complexity index is 694. The summed E-state index contributed by atoms with van der Waals surface area (Å²) in [4.78, 5) is 16.0. The number of rotatable bonds is 7. The van der Waals surface area contributed by atoms with Crippen LogP contribution in [-0.4, -0.2) is 41.8 Å². The van der Waals surface area contributed by atoms with Crippen LogP contribution in [0.1, 0.15) is 28.2 Å². The van der Waals surface area contributed by atoms with Crippen molar-refractivity contribution in [3.63, 3.8) is 0 Å². The number of nitrogens with zero attached hydrogens (tertiary/aromatic N) is 3. The van der Waals surface area contributed by atoms with E-state index in [1.165, 1.54) is 6.26 Å². The summed E-state index contributed by atoms with van der Waals surface area (Å²) in [5.74, 6) is 0.900. The molecule has 0 saturated heterocycles. The minimum atomic E-state index is -0.184. The molecule has 0 spiro atoms. The molecular formula is C16H25IN6O2. The quantitative estimate of drug-likeness (QED) is 0.252. The van der Waals surface area contributed by atoms with Gasteiger partial charge in [-0.3, -0.25) is 14.5 Å². The normalized spacial score (nSPS) is 10.9. The smallest absolute Gasteiger partial charge is 0.287 e. The number of furan rings is 1. The number of halogens is 1. The number of guanidine groups is 1. The lowest BCUT2D eigenvalue weighted by Gasteiger charge is -2.12. The number of aryl methyl sites for hydroxylation is 2. The van der Waals surface area contributed by atoms with E-state index in [2.05, 4.69) is 26.0 Å². The zero-order chi connectivity index (χ0) is 17.4. The van der Waals surface area contributed by atoms with E-state index in [1.807, 2.05) is 24.7 Å². The first-order chi connectivity index (χ1) is 11.6. The number of carbonyl (C=O) groups excluding carboxylic acids is 1. The van der Waals surface area contributed by atoms with Gasteiger partial charge in [-0.1, -0.05) is 0 Å². The van der Waals surface area contributed by atoms with Gasteiger partial charge in [-0.05, 0) is 25.5 Å². The average Bonchev–Trinajstić information content (AvgIpc) is 3.18. The molecule has 1 amide bonds. The number of nitrogens with one attached hydrogen (secondary N) is 3. The Morgan fingerprint density at radius 1 is 1.28 bits per heavy atom. The summed E-state index contributed by atoms with van der Waals surface area (Å²) in [5, 5.41) is 13.4. The maximum atomic E-state index is 11.9. The molecule has 3 N–H and O–H groups in total. The van der Waals surface area contributed by atoms with Gasteiger partial charge in [-0.15, -0.1) is 24.0 Å². The van der Waals surface area contributed by atoms with Crippen LogP contribution in [0.15, 0.2) is 34.0 Å². The third-order valence-corrected chi connectivity index (χ3v) is 3.58. The Morgan fingerprint density at radius 2 is 2.04 bits per heavy atom. The van der Waals surface area contributed by atoms with Gasteiger partial charge in [0, 0.05) is 38.9 Å². The van der Waals surface area contributed by atoms with Gasteiger partial charge in [-0.25, -0.2) is 0 Å². The Kier molecular flexibility index (Phi) is 9.03. The van der Waals surface area contributed by atoms with E-state index in [0.29, 0.717) is 31.4 Å². The van der Waals surface area contributed by atoms with Gasteiger partial charge >= 0.3 is 0 Å². The molecule has 0 atom stereocenters. The number of hydrogen-bond acceptors (Lipinski definition) is 4. The van der Waals surface area contributed by atoms with Crippen molar-refractivity contribution in [2.45, 2.75) is 19.9 Å². The summed E-state index contributed by atoms with van der Waals surface area (Å²) in [6.45, 7) is 3.75. The molecule has 25 heavy (non-hydrogen) atoms. The molecule has 0 aliphatic carbocycles. The highest BCUT2D eigenvalue weighted by Gasteiger charge is 2.11. The molecule has 9 heteroatoms. The maximum Gasteiger partial charge on any atom is 0.287 e. The largest absolute Gasteiger partial charge is 0.459 e. The Hall–Kier alpha value is -2.04. The fraction of sp³-hybridized carbons (Fsp3) is 0.438. The van der Waals surface area contributed by atoms with Crippen molar-refractivity contribution in [1.82, 2.24) is 25.7 Å². The number of aliphatic imine (C=N–C) groups is 1. The van der Waals surface area contributed by atoms with E-state index in [4.69, 9.17) is 4.42 Å². The summed E-state index contributed by atoms with van der Waals surface area (Å²) in [7, 11) is 3.62. The topological polar surface area (TPSA) is 96.5 Å². The van der Waals surface area contributed by atoms with Gasteiger partial charge in [-0.2, -0.15) is 5.10 Å². The third kappa shape index (κ3) is 6.40. The molecule has 0 aliphatic rings. The van der Waals surface area contributed by atoms with E-state index in [0.717, 1.165) is 17.7 Å². The Morgan fingerprint density at radius 3 is 2.64 bits per heavy atom. The molecule has 0 unspecified atom stereocenters. The van der Waals surface area contributed by atoms with Crippen LogP contribution in [0.2, 0.25) is 0 Å². The number of aromatic nitrogens is 2. The molecule has 0 fully saturated rings. The second-order valence-corrected chi connectivity index (χ2v) is 5.34. The van der Waals surface area contributed by atoms with Crippen molar-refractivity contribution < 1.29 is 9.21 Å². The van der Waals surface area contributed by atoms with Crippen LogP contribution in [0.3, 0.4) is 0 Å². The zero-order valence-corrected chi connectivity index (χ0v) is 17.0. The first-order valence-electron chi connectivity index (χ1n) is 7.85. The van der Waals surface area contributed by atoms with Crippen LogP contribution in [0.5, 0.6) is 0 Å². The van der Waals surface area contributed by atoms with Crippen LogP contribution in [-0.2, 0) is 13.6 Å². The molecule has 138 valence electrons. The Balaban J connectivity index is 0.00000312. The first kappa shape index (κ1) is 21.0. The van der Waals surface area contributed by atoms with Gasteiger partial charge in [0.15, 0.2) is 11.7 Å². The molecule has 0 aromatic carbocycles. The van der Waals surface area contributed by atoms with E-state index in [1.54, 1.807) is 19.3 Å². The molecule has 2 heterocycles. The third-order valence-electron chi connectivity index (χ3n) is 3.58. The lowest BCUT2D eigenvalue weighted by Crippen LogP contribution is -2.38. The molecule has 2 rings (SSSR count). The number of carbonyl (C=O) groups is 1. The highest BCUT2D eigenvalue weighted by Crippen LogP contribution is 2.07. The Labute approximate surface area is 164 Å². The maximum absolute atomic E-state index is 11.9. The second-order valence-electron chi connectivity index (χ2n) is 5.34. The molecule has 0 radical (unpaired) electrons. The lowest BCUT2D eigenvalue weighted by atomic mass is 10.2. The van der Waals surface area contributed by atoms with Crippen molar-refractivity contribution in [3.05, 3.63) is 41.6 Å². The van der Waals surface area contributed by atoms with Crippen LogP contribution in [0.25, 0.3) is 0 Å². The van der Waals surface area contributed by atoms with E-state index < -0.39 is 0 Å². The van der Waals surface area contributed by atoms with Crippen LogP contribution in [0.4, 0.5) is 0 Å². The fourth-order valence-electron chi connectivity index (χ4n) is 2.15. The summed E-state index contributed by atoms with van der Waals surface area (Å²) in [6, 6.07) is 3.72. The van der Waals surface area contributed by atoms with Crippen molar-refractivity contribution in [2.24, 2.45) is 12.0 Å². The van der Waals surface area contributed by atoms with Crippen LogP contribution < -0.4 is 16.0 Å². The SMILES string of the molecule is CN=C(NCCCNC(=O)c1occc1C)NCc1ccnn1C.I. The highest BCUT2D eigenvalue weighted by atomic mass is 127.